The third kappa shape index (κ3) is 3.92. The number of rotatable bonds is 5. The fraction of sp³-hybridized carbons (Fsp3) is 0.375. The summed E-state index contributed by atoms with van der Waals surface area (Å²) in [6.45, 7) is 4.12. The minimum absolute atomic E-state index is 0.172. The van der Waals surface area contributed by atoms with Gasteiger partial charge in [0.1, 0.15) is 5.82 Å². The molecule has 0 saturated carbocycles. The number of amides is 1. The van der Waals surface area contributed by atoms with Gasteiger partial charge in [-0.05, 0) is 38.6 Å². The summed E-state index contributed by atoms with van der Waals surface area (Å²) in [5.74, 6) is -0.496. The first-order valence-corrected chi connectivity index (χ1v) is 7.11. The molecule has 1 aromatic carbocycles. The van der Waals surface area contributed by atoms with Gasteiger partial charge in [-0.2, -0.15) is 5.10 Å². The molecule has 0 radical (unpaired) electrons. The van der Waals surface area contributed by atoms with Crippen molar-refractivity contribution >= 4 is 11.6 Å². The largest absolute Gasteiger partial charge is 0.325 e. The van der Waals surface area contributed by atoms with Crippen LogP contribution in [0.5, 0.6) is 0 Å². The number of nitrogens with zero attached hydrogens (tertiary/aromatic N) is 3. The molecule has 0 aliphatic rings. The van der Waals surface area contributed by atoms with Gasteiger partial charge >= 0.3 is 0 Å². The fourth-order valence-electron chi connectivity index (χ4n) is 2.10. The zero-order valence-corrected chi connectivity index (χ0v) is 13.3. The van der Waals surface area contributed by atoms with Crippen LogP contribution in [0.2, 0.25) is 0 Å². The van der Waals surface area contributed by atoms with Gasteiger partial charge in [0.05, 0.1) is 12.2 Å². The molecule has 118 valence electrons. The van der Waals surface area contributed by atoms with E-state index in [4.69, 9.17) is 0 Å². The number of likely N-dealkylation sites (N-methyl/N-ethyl adjacent to an activating group) is 1. The van der Waals surface area contributed by atoms with E-state index in [0.717, 1.165) is 5.56 Å². The Kier molecular flexibility index (Phi) is 4.92. The average molecular weight is 304 g/mol. The Morgan fingerprint density at radius 3 is 2.82 bits per heavy atom. The predicted molar refractivity (Wildman–Crippen MR) is 83.9 cm³/mol. The number of anilines is 1. The summed E-state index contributed by atoms with van der Waals surface area (Å²) in [5, 5.41) is 6.85. The highest BCUT2D eigenvalue weighted by atomic mass is 19.1. The maximum absolute atomic E-state index is 13.5. The second kappa shape index (κ2) is 6.70. The molecule has 0 fully saturated rings. The third-order valence-electron chi connectivity index (χ3n) is 3.67. The van der Waals surface area contributed by atoms with E-state index in [1.807, 2.05) is 32.1 Å². The number of nitrogens with one attached hydrogen (secondary N) is 1. The van der Waals surface area contributed by atoms with Gasteiger partial charge in [0, 0.05) is 31.0 Å². The predicted octanol–water partition coefficient (Wildman–Crippen LogP) is 2.33. The second-order valence-corrected chi connectivity index (χ2v) is 5.57. The van der Waals surface area contributed by atoms with E-state index in [1.165, 1.54) is 6.07 Å². The number of hydrogen-bond donors (Lipinski definition) is 1. The molecule has 0 aliphatic carbocycles. The molecule has 22 heavy (non-hydrogen) atoms. The maximum Gasteiger partial charge on any atom is 0.241 e. The quantitative estimate of drug-likeness (QED) is 0.922. The molecule has 1 N–H and O–H groups in total. The van der Waals surface area contributed by atoms with E-state index in [9.17, 15) is 9.18 Å². The van der Waals surface area contributed by atoms with Crippen molar-refractivity contribution in [3.63, 3.8) is 0 Å². The number of hydrogen-bond acceptors (Lipinski definition) is 3. The zero-order valence-electron chi connectivity index (χ0n) is 13.3. The topological polar surface area (TPSA) is 50.2 Å². The minimum atomic E-state index is -0.343. The summed E-state index contributed by atoms with van der Waals surface area (Å²) in [7, 11) is 3.72. The van der Waals surface area contributed by atoms with E-state index in [1.54, 1.807) is 29.9 Å². The molecule has 5 nitrogen and oxygen atoms in total. The lowest BCUT2D eigenvalue weighted by Crippen LogP contribution is -2.39. The van der Waals surface area contributed by atoms with Gasteiger partial charge in [0.15, 0.2) is 0 Å². The number of halogens is 1. The maximum atomic E-state index is 13.5. The van der Waals surface area contributed by atoms with Gasteiger partial charge in [-0.1, -0.05) is 6.07 Å². The van der Waals surface area contributed by atoms with E-state index in [0.29, 0.717) is 17.8 Å². The highest BCUT2D eigenvalue weighted by Gasteiger charge is 2.19. The Balaban J connectivity index is 1.97. The Labute approximate surface area is 129 Å². The molecule has 0 aliphatic heterocycles. The van der Waals surface area contributed by atoms with Crippen LogP contribution >= 0.6 is 0 Å². The van der Waals surface area contributed by atoms with Crippen LogP contribution in [0.1, 0.15) is 18.1 Å². The van der Waals surface area contributed by atoms with Crippen molar-refractivity contribution in [2.24, 2.45) is 7.05 Å². The standard InChI is InChI=1S/C16H21FN4O/c1-11-5-6-14(7-15(11)17)19-16(22)12(2)20(3)9-13-8-18-21(4)10-13/h5-8,10,12H,9H2,1-4H3,(H,19,22)/t12-/m0/s1. The lowest BCUT2D eigenvalue weighted by atomic mass is 10.2. The number of carbonyl (C=O) groups excluding carboxylic acids is 1. The SMILES string of the molecule is Cc1ccc(NC(=O)[C@H](C)N(C)Cc2cnn(C)c2)cc1F. The van der Waals surface area contributed by atoms with Crippen LogP contribution in [0.25, 0.3) is 0 Å². The van der Waals surface area contributed by atoms with Crippen LogP contribution in [-0.2, 0) is 18.4 Å². The van der Waals surface area contributed by atoms with E-state index in [-0.39, 0.29) is 17.8 Å². The first kappa shape index (κ1) is 16.2. The Hall–Kier alpha value is -2.21. The summed E-state index contributed by atoms with van der Waals surface area (Å²) in [5.41, 5.74) is 2.06. The highest BCUT2D eigenvalue weighted by molar-refractivity contribution is 5.94. The van der Waals surface area contributed by atoms with Crippen molar-refractivity contribution in [2.45, 2.75) is 26.4 Å². The van der Waals surface area contributed by atoms with Crippen molar-refractivity contribution < 1.29 is 9.18 Å². The smallest absolute Gasteiger partial charge is 0.241 e. The average Bonchev–Trinajstić information content (AvgIpc) is 2.87. The number of benzene rings is 1. The van der Waals surface area contributed by atoms with Gasteiger partial charge in [-0.3, -0.25) is 14.4 Å². The molecule has 1 heterocycles. The van der Waals surface area contributed by atoms with E-state index in [2.05, 4.69) is 10.4 Å². The Morgan fingerprint density at radius 2 is 2.23 bits per heavy atom. The number of carbonyl (C=O) groups is 1. The Bertz CT molecular complexity index is 668. The van der Waals surface area contributed by atoms with Crippen molar-refractivity contribution in [2.75, 3.05) is 12.4 Å². The van der Waals surface area contributed by atoms with Crippen molar-refractivity contribution in [1.82, 2.24) is 14.7 Å². The minimum Gasteiger partial charge on any atom is -0.325 e. The molecule has 2 rings (SSSR count). The molecule has 1 aromatic heterocycles. The first-order chi connectivity index (χ1) is 10.4. The lowest BCUT2D eigenvalue weighted by molar-refractivity contribution is -0.120. The van der Waals surface area contributed by atoms with Gasteiger partial charge in [0.2, 0.25) is 5.91 Å². The molecule has 0 bridgehead atoms. The van der Waals surface area contributed by atoms with Crippen molar-refractivity contribution in [3.05, 3.63) is 47.5 Å². The van der Waals surface area contributed by atoms with E-state index < -0.39 is 0 Å². The third-order valence-corrected chi connectivity index (χ3v) is 3.67. The molecular weight excluding hydrogens is 283 g/mol. The van der Waals surface area contributed by atoms with E-state index >= 15 is 0 Å². The first-order valence-electron chi connectivity index (χ1n) is 7.11. The van der Waals surface area contributed by atoms with Crippen molar-refractivity contribution in [1.29, 1.82) is 0 Å². The summed E-state index contributed by atoms with van der Waals surface area (Å²) >= 11 is 0. The van der Waals surface area contributed by atoms with Crippen LogP contribution in [0.15, 0.2) is 30.6 Å². The number of aromatic nitrogens is 2. The summed E-state index contributed by atoms with van der Waals surface area (Å²) in [4.78, 5) is 14.2. The van der Waals surface area contributed by atoms with Gasteiger partial charge in [-0.15, -0.1) is 0 Å². The zero-order chi connectivity index (χ0) is 16.3. The monoisotopic (exact) mass is 304 g/mol. The van der Waals surface area contributed by atoms with Gasteiger partial charge in [-0.25, -0.2) is 4.39 Å². The molecule has 0 unspecified atom stereocenters. The van der Waals surface area contributed by atoms with Crippen LogP contribution in [0, 0.1) is 12.7 Å². The van der Waals surface area contributed by atoms with Gasteiger partial charge in [0.25, 0.3) is 0 Å². The molecule has 1 atom stereocenters. The molecule has 6 heteroatoms. The summed E-state index contributed by atoms with van der Waals surface area (Å²) < 4.78 is 15.2. The molecule has 1 amide bonds. The second-order valence-electron chi connectivity index (χ2n) is 5.57. The summed E-state index contributed by atoms with van der Waals surface area (Å²) in [6, 6.07) is 4.34. The fourth-order valence-corrected chi connectivity index (χ4v) is 2.10. The van der Waals surface area contributed by atoms with Crippen molar-refractivity contribution in [3.8, 4) is 0 Å². The number of aryl methyl sites for hydroxylation is 2. The van der Waals surface area contributed by atoms with Crippen LogP contribution in [0.4, 0.5) is 10.1 Å². The van der Waals surface area contributed by atoms with Crippen LogP contribution < -0.4 is 5.32 Å². The lowest BCUT2D eigenvalue weighted by Gasteiger charge is -2.23. The summed E-state index contributed by atoms with van der Waals surface area (Å²) in [6.07, 6.45) is 3.69. The van der Waals surface area contributed by atoms with Gasteiger partial charge < -0.3 is 5.32 Å². The van der Waals surface area contributed by atoms with Crippen LogP contribution in [-0.4, -0.2) is 33.7 Å². The highest BCUT2D eigenvalue weighted by Crippen LogP contribution is 2.14. The van der Waals surface area contributed by atoms with Crippen LogP contribution in [0.3, 0.4) is 0 Å². The molecular formula is C16H21FN4O. The normalized spacial score (nSPS) is 12.5. The Morgan fingerprint density at radius 1 is 1.50 bits per heavy atom. The molecule has 0 saturated heterocycles. The molecule has 2 aromatic rings. The molecule has 0 spiro atoms.